The lowest BCUT2D eigenvalue weighted by molar-refractivity contribution is -0.122. The van der Waals surface area contributed by atoms with Gasteiger partial charge in [-0.3, -0.25) is 4.79 Å². The van der Waals surface area contributed by atoms with Crippen molar-refractivity contribution in [3.8, 4) is 0 Å². The van der Waals surface area contributed by atoms with Gasteiger partial charge in [-0.1, -0.05) is 6.92 Å². The maximum atomic E-state index is 11.7. The third kappa shape index (κ3) is 6.45. The number of alkyl halides is 2. The number of halogens is 2. The predicted molar refractivity (Wildman–Crippen MR) is 46.8 cm³/mol. The van der Waals surface area contributed by atoms with Gasteiger partial charge in [0.05, 0.1) is 12.6 Å². The van der Waals surface area contributed by atoms with E-state index < -0.39 is 19.0 Å². The Balaban J connectivity index is 3.57. The first-order chi connectivity index (χ1) is 6.07. The van der Waals surface area contributed by atoms with E-state index in [2.05, 4.69) is 10.6 Å². The van der Waals surface area contributed by atoms with Crippen LogP contribution in [0.5, 0.6) is 0 Å². The zero-order valence-electron chi connectivity index (χ0n) is 7.94. The van der Waals surface area contributed by atoms with Crippen LogP contribution in [-0.4, -0.2) is 31.5 Å². The maximum absolute atomic E-state index is 11.7. The van der Waals surface area contributed by atoms with Gasteiger partial charge in [-0.15, -0.1) is 0 Å². The van der Waals surface area contributed by atoms with Crippen molar-refractivity contribution in [2.24, 2.45) is 0 Å². The van der Waals surface area contributed by atoms with Crippen LogP contribution in [-0.2, 0) is 4.79 Å². The van der Waals surface area contributed by atoms with Crippen LogP contribution < -0.4 is 10.6 Å². The zero-order valence-corrected chi connectivity index (χ0v) is 7.94. The van der Waals surface area contributed by atoms with Gasteiger partial charge in [0.15, 0.2) is 0 Å². The van der Waals surface area contributed by atoms with Crippen LogP contribution in [0.1, 0.15) is 20.3 Å². The molecule has 1 unspecified atom stereocenters. The predicted octanol–water partition coefficient (Wildman–Crippen LogP) is 0.756. The van der Waals surface area contributed by atoms with Crippen LogP contribution >= 0.6 is 0 Å². The molecular formula is C8H16F2N2O. The minimum Gasteiger partial charge on any atom is -0.355 e. The van der Waals surface area contributed by atoms with E-state index in [4.69, 9.17) is 0 Å². The third-order valence-electron chi connectivity index (χ3n) is 1.52. The Morgan fingerprint density at radius 2 is 2.08 bits per heavy atom. The molecule has 0 aromatic heterocycles. The van der Waals surface area contributed by atoms with Gasteiger partial charge in [0.25, 0.3) is 6.43 Å². The molecule has 0 bridgehead atoms. The van der Waals surface area contributed by atoms with Crippen molar-refractivity contribution in [1.29, 1.82) is 0 Å². The molecular weight excluding hydrogens is 178 g/mol. The highest BCUT2D eigenvalue weighted by molar-refractivity contribution is 5.81. The molecule has 78 valence electrons. The van der Waals surface area contributed by atoms with Crippen molar-refractivity contribution >= 4 is 5.91 Å². The Labute approximate surface area is 76.9 Å². The lowest BCUT2D eigenvalue weighted by atomic mass is 10.3. The maximum Gasteiger partial charge on any atom is 0.250 e. The van der Waals surface area contributed by atoms with Crippen LogP contribution in [0.3, 0.4) is 0 Å². The second-order valence-corrected chi connectivity index (χ2v) is 2.81. The molecule has 1 atom stereocenters. The summed E-state index contributed by atoms with van der Waals surface area (Å²) >= 11 is 0. The molecule has 0 aromatic rings. The molecule has 0 aliphatic heterocycles. The van der Waals surface area contributed by atoms with Gasteiger partial charge in [-0.05, 0) is 13.3 Å². The average Bonchev–Trinajstić information content (AvgIpc) is 2.10. The summed E-state index contributed by atoms with van der Waals surface area (Å²) in [6.45, 7) is 3.63. The van der Waals surface area contributed by atoms with Crippen molar-refractivity contribution in [2.45, 2.75) is 32.7 Å². The second-order valence-electron chi connectivity index (χ2n) is 2.81. The molecule has 2 N–H and O–H groups in total. The highest BCUT2D eigenvalue weighted by atomic mass is 19.3. The van der Waals surface area contributed by atoms with E-state index in [9.17, 15) is 13.6 Å². The largest absolute Gasteiger partial charge is 0.355 e. The Morgan fingerprint density at radius 1 is 1.46 bits per heavy atom. The van der Waals surface area contributed by atoms with E-state index in [-0.39, 0.29) is 5.91 Å². The van der Waals surface area contributed by atoms with Gasteiger partial charge in [-0.25, -0.2) is 8.78 Å². The summed E-state index contributed by atoms with van der Waals surface area (Å²) in [5, 5.41) is 5.04. The lowest BCUT2D eigenvalue weighted by Gasteiger charge is -2.12. The molecule has 0 fully saturated rings. The Morgan fingerprint density at radius 3 is 2.54 bits per heavy atom. The van der Waals surface area contributed by atoms with E-state index in [0.717, 1.165) is 6.42 Å². The number of hydrogen-bond acceptors (Lipinski definition) is 2. The van der Waals surface area contributed by atoms with Gasteiger partial charge in [0.1, 0.15) is 0 Å². The fourth-order valence-electron chi connectivity index (χ4n) is 0.760. The molecule has 0 aliphatic rings. The molecule has 1 amide bonds. The normalized spacial score (nSPS) is 13.0. The first-order valence-corrected chi connectivity index (χ1v) is 4.37. The first kappa shape index (κ1) is 12.3. The summed E-state index contributed by atoms with van der Waals surface area (Å²) < 4.78 is 23.4. The van der Waals surface area contributed by atoms with Crippen LogP contribution in [0.4, 0.5) is 8.78 Å². The first-order valence-electron chi connectivity index (χ1n) is 4.37. The van der Waals surface area contributed by atoms with Crippen molar-refractivity contribution < 1.29 is 13.6 Å². The van der Waals surface area contributed by atoms with E-state index in [1.165, 1.54) is 0 Å². The SMILES string of the molecule is CCCNC(=O)C(C)NCC(F)F. The van der Waals surface area contributed by atoms with Crippen LogP contribution in [0, 0.1) is 0 Å². The molecule has 3 nitrogen and oxygen atoms in total. The van der Waals surface area contributed by atoms with Crippen molar-refractivity contribution in [3.63, 3.8) is 0 Å². The summed E-state index contributed by atoms with van der Waals surface area (Å²) in [4.78, 5) is 11.1. The molecule has 0 rings (SSSR count). The minimum absolute atomic E-state index is 0.234. The van der Waals surface area contributed by atoms with Crippen molar-refractivity contribution in [2.75, 3.05) is 13.1 Å². The molecule has 0 aromatic carbocycles. The third-order valence-corrected chi connectivity index (χ3v) is 1.52. The minimum atomic E-state index is -2.42. The zero-order chi connectivity index (χ0) is 10.3. The number of amides is 1. The molecule has 5 heteroatoms. The highest BCUT2D eigenvalue weighted by Crippen LogP contribution is 1.90. The van der Waals surface area contributed by atoms with Gasteiger partial charge < -0.3 is 10.6 Å². The quantitative estimate of drug-likeness (QED) is 0.655. The van der Waals surface area contributed by atoms with Crippen molar-refractivity contribution in [1.82, 2.24) is 10.6 Å². The number of carbonyl (C=O) groups excluding carboxylic acids is 1. The van der Waals surface area contributed by atoms with Crippen LogP contribution in [0.2, 0.25) is 0 Å². The van der Waals surface area contributed by atoms with Crippen LogP contribution in [0.25, 0.3) is 0 Å². The Hall–Kier alpha value is -0.710. The molecule has 0 saturated heterocycles. The average molecular weight is 194 g/mol. The van der Waals surface area contributed by atoms with E-state index >= 15 is 0 Å². The van der Waals surface area contributed by atoms with E-state index in [1.807, 2.05) is 6.92 Å². The fraction of sp³-hybridized carbons (Fsp3) is 0.875. The second kappa shape index (κ2) is 6.77. The molecule has 0 heterocycles. The smallest absolute Gasteiger partial charge is 0.250 e. The summed E-state index contributed by atoms with van der Waals surface area (Å²) in [6, 6.07) is -0.555. The molecule has 0 aliphatic carbocycles. The summed E-state index contributed by atoms with van der Waals surface area (Å²) in [5.41, 5.74) is 0. The van der Waals surface area contributed by atoms with Gasteiger partial charge in [0.2, 0.25) is 5.91 Å². The molecule has 0 radical (unpaired) electrons. The van der Waals surface area contributed by atoms with E-state index in [1.54, 1.807) is 6.92 Å². The summed E-state index contributed by atoms with van der Waals surface area (Å²) in [5.74, 6) is -0.234. The number of rotatable bonds is 6. The fourth-order valence-corrected chi connectivity index (χ4v) is 0.760. The summed E-state index contributed by atoms with van der Waals surface area (Å²) in [6.07, 6.45) is -1.57. The van der Waals surface area contributed by atoms with Gasteiger partial charge in [-0.2, -0.15) is 0 Å². The topological polar surface area (TPSA) is 41.1 Å². The van der Waals surface area contributed by atoms with Crippen LogP contribution in [0.15, 0.2) is 0 Å². The number of nitrogens with one attached hydrogen (secondary N) is 2. The number of hydrogen-bond donors (Lipinski definition) is 2. The summed E-state index contributed by atoms with van der Waals surface area (Å²) in [7, 11) is 0. The molecule has 0 spiro atoms. The lowest BCUT2D eigenvalue weighted by Crippen LogP contribution is -2.43. The monoisotopic (exact) mass is 194 g/mol. The van der Waals surface area contributed by atoms with Crippen molar-refractivity contribution in [3.05, 3.63) is 0 Å². The van der Waals surface area contributed by atoms with E-state index in [0.29, 0.717) is 6.54 Å². The standard InChI is InChI=1S/C8H16F2N2O/c1-3-4-11-8(13)6(2)12-5-7(9)10/h6-7,12H,3-5H2,1-2H3,(H,11,13). The molecule has 0 saturated carbocycles. The number of carbonyl (C=O) groups is 1. The van der Waals surface area contributed by atoms with Gasteiger partial charge in [0, 0.05) is 6.54 Å². The Bertz CT molecular complexity index is 153. The highest BCUT2D eigenvalue weighted by Gasteiger charge is 2.12. The van der Waals surface area contributed by atoms with Gasteiger partial charge >= 0.3 is 0 Å². The molecule has 13 heavy (non-hydrogen) atoms. The Kier molecular flexibility index (Phi) is 6.40.